The average molecular weight is 252 g/mol. The van der Waals surface area contributed by atoms with E-state index in [0.717, 1.165) is 0 Å². The summed E-state index contributed by atoms with van der Waals surface area (Å²) in [7, 11) is 0. The van der Waals surface area contributed by atoms with Crippen LogP contribution in [0.1, 0.15) is 17.3 Å². The summed E-state index contributed by atoms with van der Waals surface area (Å²) < 4.78 is 7.78. The van der Waals surface area contributed by atoms with Crippen molar-refractivity contribution in [2.24, 2.45) is 0 Å². The highest BCUT2D eigenvalue weighted by atomic mass is 35.5. The topological polar surface area (TPSA) is 17.1 Å². The van der Waals surface area contributed by atoms with E-state index in [9.17, 15) is 4.79 Å². The van der Waals surface area contributed by atoms with Gasteiger partial charge in [0.05, 0.1) is 11.4 Å². The number of benzene rings is 2. The summed E-state index contributed by atoms with van der Waals surface area (Å²) in [5, 5.41) is 0.384. The minimum Gasteiger partial charge on any atom is -0.289 e. The van der Waals surface area contributed by atoms with Crippen LogP contribution < -0.4 is 0 Å². The highest BCUT2D eigenvalue weighted by Crippen LogP contribution is 2.23. The molecule has 0 heterocycles. The fourth-order valence-electron chi connectivity index (χ4n) is 1.33. The average Bonchev–Trinajstić information content (AvgIpc) is 2.36. The monoisotopic (exact) mass is 251 g/mol. The molecule has 2 aromatic rings. The Kier molecular flexibility index (Phi) is 2.89. The second kappa shape index (κ2) is 4.69. The maximum absolute atomic E-state index is 12.1. The molecule has 0 saturated carbocycles. The van der Waals surface area contributed by atoms with Crippen molar-refractivity contribution in [3.05, 3.63) is 69.7 Å². The van der Waals surface area contributed by atoms with E-state index < -0.39 is 0 Å². The molecule has 2 aromatic carbocycles. The van der Waals surface area contributed by atoms with Crippen molar-refractivity contribution in [2.75, 3.05) is 0 Å². The van der Waals surface area contributed by atoms with Gasteiger partial charge in [0.1, 0.15) is 0 Å². The SMILES string of the molecule is [2H]c1c(C(=O)c2ccccc2)ccc(Cl)c1Cl. The Bertz CT molecular complexity index is 567. The molecule has 0 atom stereocenters. The molecule has 3 heteroatoms. The minimum absolute atomic E-state index is 0.0342. The first-order valence-corrected chi connectivity index (χ1v) is 5.41. The fourth-order valence-corrected chi connectivity index (χ4v) is 1.60. The Hall–Kier alpha value is -1.31. The van der Waals surface area contributed by atoms with Crippen LogP contribution in [-0.2, 0) is 0 Å². The summed E-state index contributed by atoms with van der Waals surface area (Å²) in [6.45, 7) is 0. The molecule has 0 aliphatic carbocycles. The molecule has 0 saturated heterocycles. The zero-order valence-corrected chi connectivity index (χ0v) is 9.72. The van der Waals surface area contributed by atoms with Crippen molar-refractivity contribution in [2.45, 2.75) is 0 Å². The first kappa shape index (κ1) is 9.88. The quantitative estimate of drug-likeness (QED) is 0.731. The maximum Gasteiger partial charge on any atom is 0.193 e. The molecular weight excluding hydrogens is 243 g/mol. The molecule has 0 spiro atoms. The molecule has 0 aromatic heterocycles. The number of halogens is 2. The van der Waals surface area contributed by atoms with Crippen molar-refractivity contribution in [3.8, 4) is 0 Å². The number of carbonyl (C=O) groups is 1. The van der Waals surface area contributed by atoms with E-state index in [1.54, 1.807) is 24.3 Å². The Balaban J connectivity index is 2.49. The first-order valence-electron chi connectivity index (χ1n) is 5.15. The normalized spacial score (nSPS) is 11.0. The van der Waals surface area contributed by atoms with Crippen LogP contribution in [-0.4, -0.2) is 5.78 Å². The van der Waals surface area contributed by atoms with E-state index in [1.165, 1.54) is 12.1 Å². The second-order valence-corrected chi connectivity index (χ2v) is 4.01. The van der Waals surface area contributed by atoms with E-state index in [-0.39, 0.29) is 27.4 Å². The Labute approximate surface area is 105 Å². The molecular formula is C13H8Cl2O. The van der Waals surface area contributed by atoms with Crippen molar-refractivity contribution in [1.82, 2.24) is 0 Å². The lowest BCUT2D eigenvalue weighted by molar-refractivity contribution is 0.103. The molecule has 0 bridgehead atoms. The van der Waals surface area contributed by atoms with Gasteiger partial charge in [-0.1, -0.05) is 53.5 Å². The van der Waals surface area contributed by atoms with Crippen LogP contribution in [0.25, 0.3) is 0 Å². The van der Waals surface area contributed by atoms with Gasteiger partial charge in [-0.05, 0) is 18.2 Å². The summed E-state index contributed by atoms with van der Waals surface area (Å²) in [5.74, 6) is -0.228. The maximum atomic E-state index is 12.1. The molecule has 0 aliphatic heterocycles. The number of carbonyl (C=O) groups excluding carboxylic acids is 1. The zero-order valence-electron chi connectivity index (χ0n) is 9.21. The Morgan fingerprint density at radius 3 is 2.31 bits per heavy atom. The van der Waals surface area contributed by atoms with Crippen molar-refractivity contribution < 1.29 is 6.17 Å². The third-order valence-corrected chi connectivity index (χ3v) is 2.84. The molecule has 0 N–H and O–H groups in total. The van der Waals surface area contributed by atoms with Crippen molar-refractivity contribution >= 4 is 29.0 Å². The van der Waals surface area contributed by atoms with Gasteiger partial charge in [-0.15, -0.1) is 0 Å². The van der Waals surface area contributed by atoms with Gasteiger partial charge in [0.15, 0.2) is 5.78 Å². The van der Waals surface area contributed by atoms with E-state index in [1.807, 2.05) is 6.07 Å². The molecule has 1 nitrogen and oxygen atoms in total. The van der Waals surface area contributed by atoms with Crippen LogP contribution in [0.3, 0.4) is 0 Å². The Morgan fingerprint density at radius 2 is 1.62 bits per heavy atom. The Morgan fingerprint density at radius 1 is 0.938 bits per heavy atom. The zero-order chi connectivity index (χ0) is 12.4. The summed E-state index contributed by atoms with van der Waals surface area (Å²) in [6, 6.07) is 11.8. The predicted octanol–water partition coefficient (Wildman–Crippen LogP) is 4.22. The van der Waals surface area contributed by atoms with E-state index in [4.69, 9.17) is 24.6 Å². The van der Waals surface area contributed by atoms with Gasteiger partial charge in [0.25, 0.3) is 0 Å². The lowest BCUT2D eigenvalue weighted by Gasteiger charge is -2.02. The van der Waals surface area contributed by atoms with Crippen LogP contribution in [0.15, 0.2) is 48.5 Å². The smallest absolute Gasteiger partial charge is 0.193 e. The van der Waals surface area contributed by atoms with Gasteiger partial charge < -0.3 is 0 Å². The number of ketones is 1. The highest BCUT2D eigenvalue weighted by molar-refractivity contribution is 6.42. The molecule has 0 unspecified atom stereocenters. The molecule has 16 heavy (non-hydrogen) atoms. The number of rotatable bonds is 2. The third kappa shape index (κ3) is 2.26. The molecule has 0 aliphatic rings. The van der Waals surface area contributed by atoms with Gasteiger partial charge in [-0.3, -0.25) is 4.79 Å². The van der Waals surface area contributed by atoms with Crippen LogP contribution >= 0.6 is 23.2 Å². The van der Waals surface area contributed by atoms with Gasteiger partial charge in [0.2, 0.25) is 0 Å². The fraction of sp³-hybridized carbons (Fsp3) is 0. The van der Waals surface area contributed by atoms with Gasteiger partial charge in [-0.25, -0.2) is 0 Å². The van der Waals surface area contributed by atoms with Crippen molar-refractivity contribution in [1.29, 1.82) is 0 Å². The minimum atomic E-state index is -0.228. The van der Waals surface area contributed by atoms with E-state index in [2.05, 4.69) is 0 Å². The van der Waals surface area contributed by atoms with Crippen LogP contribution in [0.5, 0.6) is 0 Å². The van der Waals surface area contributed by atoms with Crippen LogP contribution in [0, 0.1) is 0 Å². The lowest BCUT2D eigenvalue weighted by atomic mass is 10.0. The van der Waals surface area contributed by atoms with Gasteiger partial charge >= 0.3 is 0 Å². The third-order valence-electron chi connectivity index (χ3n) is 2.13. The van der Waals surface area contributed by atoms with E-state index in [0.29, 0.717) is 5.56 Å². The molecule has 0 radical (unpaired) electrons. The number of hydrogen-bond acceptors (Lipinski definition) is 1. The standard InChI is InChI=1S/C13H8Cl2O/c14-11-7-6-10(8-12(11)15)13(16)9-4-2-1-3-5-9/h1-8H/i8D. The second-order valence-electron chi connectivity index (χ2n) is 3.23. The largest absolute Gasteiger partial charge is 0.289 e. The summed E-state index contributed by atoms with van der Waals surface area (Å²) in [4.78, 5) is 12.1. The molecule has 0 fully saturated rings. The highest BCUT2D eigenvalue weighted by Gasteiger charge is 2.09. The summed E-state index contributed by atoms with van der Waals surface area (Å²) in [6.07, 6.45) is 0. The molecule has 80 valence electrons. The van der Waals surface area contributed by atoms with Gasteiger partial charge in [0, 0.05) is 11.1 Å². The summed E-state index contributed by atoms with van der Waals surface area (Å²) >= 11 is 11.6. The lowest BCUT2D eigenvalue weighted by Crippen LogP contribution is -2.00. The number of hydrogen-bond donors (Lipinski definition) is 0. The molecule has 2 rings (SSSR count). The van der Waals surface area contributed by atoms with E-state index >= 15 is 0 Å². The van der Waals surface area contributed by atoms with Gasteiger partial charge in [-0.2, -0.15) is 0 Å². The molecule has 0 amide bonds. The van der Waals surface area contributed by atoms with Crippen molar-refractivity contribution in [3.63, 3.8) is 0 Å². The van der Waals surface area contributed by atoms with Crippen LogP contribution in [0.4, 0.5) is 0 Å². The summed E-state index contributed by atoms with van der Waals surface area (Å²) in [5.41, 5.74) is 0.782. The predicted molar refractivity (Wildman–Crippen MR) is 66.3 cm³/mol. The van der Waals surface area contributed by atoms with Crippen LogP contribution in [0.2, 0.25) is 10.0 Å². The first-order chi connectivity index (χ1) is 8.11.